The summed E-state index contributed by atoms with van der Waals surface area (Å²) in [5.41, 5.74) is 2.80. The van der Waals surface area contributed by atoms with Gasteiger partial charge >= 0.3 is 0 Å². The van der Waals surface area contributed by atoms with Crippen LogP contribution in [0.5, 0.6) is 5.75 Å². The molecule has 0 radical (unpaired) electrons. The second-order valence-electron chi connectivity index (χ2n) is 6.00. The van der Waals surface area contributed by atoms with Crippen LogP contribution in [0.1, 0.15) is 21.5 Å². The Balaban J connectivity index is 1.45. The lowest BCUT2D eigenvalue weighted by atomic mass is 10.1. The first-order chi connectivity index (χ1) is 13.2. The highest BCUT2D eigenvalue weighted by atomic mass is 16.5. The van der Waals surface area contributed by atoms with Crippen LogP contribution in [-0.2, 0) is 13.0 Å². The van der Waals surface area contributed by atoms with Crippen molar-refractivity contribution in [2.45, 2.75) is 13.0 Å². The van der Waals surface area contributed by atoms with Crippen LogP contribution in [0.15, 0.2) is 67.1 Å². The number of anilines is 1. The van der Waals surface area contributed by atoms with E-state index in [2.05, 4.69) is 20.6 Å². The summed E-state index contributed by atoms with van der Waals surface area (Å²) in [4.78, 5) is 20.5. The van der Waals surface area contributed by atoms with E-state index < -0.39 is 0 Å². The number of pyridine rings is 2. The largest absolute Gasteiger partial charge is 0.497 e. The van der Waals surface area contributed by atoms with Crippen molar-refractivity contribution in [3.63, 3.8) is 0 Å². The first kappa shape index (κ1) is 18.4. The van der Waals surface area contributed by atoms with Gasteiger partial charge in [-0.2, -0.15) is 0 Å². The zero-order chi connectivity index (χ0) is 18.9. The summed E-state index contributed by atoms with van der Waals surface area (Å²) in [6, 6.07) is 15.3. The number of ether oxygens (including phenoxy) is 1. The lowest BCUT2D eigenvalue weighted by Crippen LogP contribution is -2.25. The zero-order valence-corrected chi connectivity index (χ0v) is 15.2. The van der Waals surface area contributed by atoms with Gasteiger partial charge in [0.15, 0.2) is 0 Å². The number of hydrogen-bond donors (Lipinski definition) is 2. The monoisotopic (exact) mass is 362 g/mol. The molecule has 2 aromatic heterocycles. The highest BCUT2D eigenvalue weighted by Gasteiger charge is 2.06. The van der Waals surface area contributed by atoms with Gasteiger partial charge in [0.25, 0.3) is 5.91 Å². The summed E-state index contributed by atoms with van der Waals surface area (Å²) in [6.07, 6.45) is 5.85. The number of amides is 1. The highest BCUT2D eigenvalue weighted by molar-refractivity contribution is 5.94. The molecule has 3 rings (SSSR count). The number of benzene rings is 1. The highest BCUT2D eigenvalue weighted by Crippen LogP contribution is 2.11. The van der Waals surface area contributed by atoms with Crippen LogP contribution >= 0.6 is 0 Å². The van der Waals surface area contributed by atoms with Crippen LogP contribution < -0.4 is 15.4 Å². The second kappa shape index (κ2) is 9.33. The van der Waals surface area contributed by atoms with Gasteiger partial charge in [-0.15, -0.1) is 0 Å². The number of aromatic nitrogens is 2. The molecule has 0 aliphatic rings. The summed E-state index contributed by atoms with van der Waals surface area (Å²) in [7, 11) is 1.64. The Kier molecular flexibility index (Phi) is 6.35. The third kappa shape index (κ3) is 5.54. The smallest absolute Gasteiger partial charge is 0.252 e. The molecule has 6 nitrogen and oxygen atoms in total. The predicted octanol–water partition coefficient (Wildman–Crippen LogP) is 3.07. The van der Waals surface area contributed by atoms with Crippen molar-refractivity contribution in [1.29, 1.82) is 0 Å². The second-order valence-corrected chi connectivity index (χ2v) is 6.00. The fourth-order valence-corrected chi connectivity index (χ4v) is 2.54. The normalized spacial score (nSPS) is 10.3. The summed E-state index contributed by atoms with van der Waals surface area (Å²) in [5, 5.41) is 6.14. The maximum Gasteiger partial charge on any atom is 0.252 e. The molecule has 6 heteroatoms. The molecule has 0 aliphatic heterocycles. The molecule has 0 saturated carbocycles. The fourth-order valence-electron chi connectivity index (χ4n) is 2.54. The molecule has 0 atom stereocenters. The Hall–Kier alpha value is -3.41. The Morgan fingerprint density at radius 3 is 2.44 bits per heavy atom. The number of nitrogens with one attached hydrogen (secondary N) is 2. The quantitative estimate of drug-likeness (QED) is 0.644. The van der Waals surface area contributed by atoms with Gasteiger partial charge in [0.2, 0.25) is 0 Å². The Morgan fingerprint density at radius 2 is 1.78 bits per heavy atom. The minimum atomic E-state index is -0.128. The summed E-state index contributed by atoms with van der Waals surface area (Å²) < 4.78 is 5.14. The number of hydrogen-bond acceptors (Lipinski definition) is 5. The first-order valence-corrected chi connectivity index (χ1v) is 8.74. The van der Waals surface area contributed by atoms with E-state index in [0.717, 1.165) is 29.1 Å². The van der Waals surface area contributed by atoms with E-state index in [1.807, 2.05) is 36.4 Å². The van der Waals surface area contributed by atoms with E-state index in [9.17, 15) is 4.79 Å². The lowest BCUT2D eigenvalue weighted by Gasteiger charge is -2.08. The topological polar surface area (TPSA) is 76.1 Å². The third-order valence-corrected chi connectivity index (χ3v) is 4.11. The van der Waals surface area contributed by atoms with Gasteiger partial charge in [-0.25, -0.2) is 4.98 Å². The molecule has 1 amide bonds. The molecule has 138 valence electrons. The SMILES string of the molecule is COc1ccc(CCNC(=O)c2ccc(NCc3ccncc3)nc2)cc1. The Morgan fingerprint density at radius 1 is 1.00 bits per heavy atom. The number of carbonyl (C=O) groups excluding carboxylic acids is 1. The molecule has 27 heavy (non-hydrogen) atoms. The molecular formula is C21H22N4O2. The number of nitrogens with zero attached hydrogens (tertiary/aromatic N) is 2. The van der Waals surface area contributed by atoms with Crippen LogP contribution in [0, 0.1) is 0 Å². The number of rotatable bonds is 8. The predicted molar refractivity (Wildman–Crippen MR) is 105 cm³/mol. The molecule has 2 N–H and O–H groups in total. The van der Waals surface area contributed by atoms with Gasteiger partial charge in [0.1, 0.15) is 11.6 Å². The fraction of sp³-hybridized carbons (Fsp3) is 0.190. The number of carbonyl (C=O) groups is 1. The van der Waals surface area contributed by atoms with Crippen LogP contribution in [0.4, 0.5) is 5.82 Å². The van der Waals surface area contributed by atoms with Crippen molar-refractivity contribution in [2.75, 3.05) is 19.0 Å². The zero-order valence-electron chi connectivity index (χ0n) is 15.2. The molecule has 0 aliphatic carbocycles. The van der Waals surface area contributed by atoms with Gasteiger partial charge in [0, 0.05) is 31.7 Å². The van der Waals surface area contributed by atoms with Crippen LogP contribution in [0.3, 0.4) is 0 Å². The maximum absolute atomic E-state index is 12.2. The van der Waals surface area contributed by atoms with Crippen LogP contribution in [-0.4, -0.2) is 29.5 Å². The van der Waals surface area contributed by atoms with Gasteiger partial charge < -0.3 is 15.4 Å². The summed E-state index contributed by atoms with van der Waals surface area (Å²) in [6.45, 7) is 1.22. The van der Waals surface area contributed by atoms with E-state index in [0.29, 0.717) is 18.7 Å². The lowest BCUT2D eigenvalue weighted by molar-refractivity contribution is 0.0954. The van der Waals surface area contributed by atoms with Crippen LogP contribution in [0.2, 0.25) is 0 Å². The van der Waals surface area contributed by atoms with E-state index in [-0.39, 0.29) is 5.91 Å². The summed E-state index contributed by atoms with van der Waals surface area (Å²) in [5.74, 6) is 1.42. The van der Waals surface area contributed by atoms with Crippen molar-refractivity contribution in [3.05, 3.63) is 83.8 Å². The molecule has 0 bridgehead atoms. The van der Waals surface area contributed by atoms with Gasteiger partial charge in [0.05, 0.1) is 12.7 Å². The Bertz CT molecular complexity index is 850. The molecule has 2 heterocycles. The molecule has 0 spiro atoms. The van der Waals surface area contributed by atoms with Crippen LogP contribution in [0.25, 0.3) is 0 Å². The molecule has 1 aromatic carbocycles. The Labute approximate surface area is 158 Å². The molecule has 0 saturated heterocycles. The average molecular weight is 362 g/mol. The van der Waals surface area contributed by atoms with E-state index >= 15 is 0 Å². The molecule has 3 aromatic rings. The van der Waals surface area contributed by atoms with Gasteiger partial charge in [-0.3, -0.25) is 9.78 Å². The van der Waals surface area contributed by atoms with Crippen molar-refractivity contribution in [2.24, 2.45) is 0 Å². The molecule has 0 unspecified atom stereocenters. The minimum Gasteiger partial charge on any atom is -0.497 e. The summed E-state index contributed by atoms with van der Waals surface area (Å²) >= 11 is 0. The van der Waals surface area contributed by atoms with E-state index in [1.165, 1.54) is 0 Å². The standard InChI is InChI=1S/C21H22N4O2/c1-27-19-5-2-16(3-6-19)10-13-23-21(26)18-4-7-20(25-15-18)24-14-17-8-11-22-12-9-17/h2-9,11-12,15H,10,13-14H2,1H3,(H,23,26)(H,24,25). The first-order valence-electron chi connectivity index (χ1n) is 8.74. The van der Waals surface area contributed by atoms with Gasteiger partial charge in [-0.1, -0.05) is 12.1 Å². The maximum atomic E-state index is 12.2. The number of methoxy groups -OCH3 is 1. The van der Waals surface area contributed by atoms with Crippen molar-refractivity contribution in [1.82, 2.24) is 15.3 Å². The van der Waals surface area contributed by atoms with E-state index in [1.54, 1.807) is 37.8 Å². The molecular weight excluding hydrogens is 340 g/mol. The van der Waals surface area contributed by atoms with Crippen molar-refractivity contribution >= 4 is 11.7 Å². The minimum absolute atomic E-state index is 0.128. The van der Waals surface area contributed by atoms with Crippen molar-refractivity contribution < 1.29 is 9.53 Å². The van der Waals surface area contributed by atoms with E-state index in [4.69, 9.17) is 4.74 Å². The average Bonchev–Trinajstić information content (AvgIpc) is 2.74. The third-order valence-electron chi connectivity index (χ3n) is 4.11. The van der Waals surface area contributed by atoms with Crippen molar-refractivity contribution in [3.8, 4) is 5.75 Å². The van der Waals surface area contributed by atoms with Gasteiger partial charge in [-0.05, 0) is 53.9 Å². The molecule has 0 fully saturated rings.